The third-order valence-electron chi connectivity index (χ3n) is 2.93. The zero-order valence-electron chi connectivity index (χ0n) is 11.7. The number of ether oxygens (including phenoxy) is 2. The second kappa shape index (κ2) is 7.08. The Balaban J connectivity index is 2.12. The summed E-state index contributed by atoms with van der Waals surface area (Å²) in [6, 6.07) is 8.86. The largest absolute Gasteiger partial charge is 0.497 e. The van der Waals surface area contributed by atoms with E-state index in [9.17, 15) is 4.79 Å². The van der Waals surface area contributed by atoms with Gasteiger partial charge in [-0.25, -0.2) is 4.98 Å². The zero-order valence-corrected chi connectivity index (χ0v) is 13.3. The maximum Gasteiger partial charge on any atom is 0.254 e. The van der Waals surface area contributed by atoms with Crippen LogP contribution in [0.3, 0.4) is 0 Å². The van der Waals surface area contributed by atoms with Crippen LogP contribution in [0, 0.1) is 0 Å². The van der Waals surface area contributed by atoms with E-state index in [1.807, 2.05) is 12.1 Å². The minimum atomic E-state index is -0.208. The summed E-state index contributed by atoms with van der Waals surface area (Å²) in [5.41, 5.74) is 1.32. The molecule has 0 radical (unpaired) electrons. The summed E-state index contributed by atoms with van der Waals surface area (Å²) in [5, 5.41) is 2.84. The minimum Gasteiger partial charge on any atom is -0.497 e. The van der Waals surface area contributed by atoms with Gasteiger partial charge in [0.05, 0.1) is 19.8 Å². The van der Waals surface area contributed by atoms with Crippen LogP contribution in [-0.2, 0) is 6.54 Å². The van der Waals surface area contributed by atoms with Gasteiger partial charge in [0.25, 0.3) is 5.91 Å². The predicted octanol–water partition coefficient (Wildman–Crippen LogP) is 2.79. The quantitative estimate of drug-likeness (QED) is 0.842. The van der Waals surface area contributed by atoms with Gasteiger partial charge < -0.3 is 14.8 Å². The average Bonchev–Trinajstić information content (AvgIpc) is 2.52. The molecule has 0 atom stereocenters. The van der Waals surface area contributed by atoms with E-state index in [0.29, 0.717) is 28.2 Å². The molecule has 1 aromatic heterocycles. The predicted molar refractivity (Wildman–Crippen MR) is 82.7 cm³/mol. The summed E-state index contributed by atoms with van der Waals surface area (Å²) >= 11 is 3.26. The van der Waals surface area contributed by atoms with E-state index >= 15 is 0 Å². The van der Waals surface area contributed by atoms with Crippen LogP contribution in [0.15, 0.2) is 41.1 Å². The van der Waals surface area contributed by atoms with Crippen LogP contribution >= 0.6 is 15.9 Å². The van der Waals surface area contributed by atoms with Crippen LogP contribution in [0.4, 0.5) is 0 Å². The Kier molecular flexibility index (Phi) is 5.16. The van der Waals surface area contributed by atoms with Crippen molar-refractivity contribution in [3.63, 3.8) is 0 Å². The number of carbonyl (C=O) groups is 1. The van der Waals surface area contributed by atoms with Crippen LogP contribution in [0.25, 0.3) is 0 Å². The third kappa shape index (κ3) is 3.72. The van der Waals surface area contributed by atoms with Gasteiger partial charge in [-0.3, -0.25) is 4.79 Å². The molecule has 0 spiro atoms. The Morgan fingerprint density at radius 2 is 2.10 bits per heavy atom. The van der Waals surface area contributed by atoms with Crippen molar-refractivity contribution in [2.24, 2.45) is 0 Å². The molecule has 21 heavy (non-hydrogen) atoms. The monoisotopic (exact) mass is 350 g/mol. The average molecular weight is 351 g/mol. The van der Waals surface area contributed by atoms with E-state index in [-0.39, 0.29) is 5.91 Å². The smallest absolute Gasteiger partial charge is 0.254 e. The zero-order chi connectivity index (χ0) is 15.2. The topological polar surface area (TPSA) is 60.5 Å². The fourth-order valence-electron chi connectivity index (χ4n) is 1.85. The molecule has 0 aliphatic rings. The second-order valence-electron chi connectivity index (χ2n) is 4.20. The molecule has 1 amide bonds. The number of halogens is 1. The first-order valence-electron chi connectivity index (χ1n) is 6.25. The van der Waals surface area contributed by atoms with E-state index in [2.05, 4.69) is 26.2 Å². The Morgan fingerprint density at radius 1 is 1.29 bits per heavy atom. The number of nitrogens with zero attached hydrogens (tertiary/aromatic N) is 1. The van der Waals surface area contributed by atoms with Crippen molar-refractivity contribution in [1.29, 1.82) is 0 Å². The summed E-state index contributed by atoms with van der Waals surface area (Å²) < 4.78 is 11.0. The van der Waals surface area contributed by atoms with Crippen LogP contribution in [-0.4, -0.2) is 25.1 Å². The molecule has 0 unspecified atom stereocenters. The number of aromatic nitrogens is 1. The summed E-state index contributed by atoms with van der Waals surface area (Å²) in [4.78, 5) is 16.2. The molecule has 0 fully saturated rings. The highest BCUT2D eigenvalue weighted by molar-refractivity contribution is 9.10. The molecule has 6 heteroatoms. The third-order valence-corrected chi connectivity index (χ3v) is 3.56. The highest BCUT2D eigenvalue weighted by Gasteiger charge is 2.11. The Hall–Kier alpha value is -2.08. The first kappa shape index (κ1) is 15.3. The van der Waals surface area contributed by atoms with Gasteiger partial charge in [0.15, 0.2) is 0 Å². The van der Waals surface area contributed by atoms with Crippen molar-refractivity contribution < 1.29 is 14.3 Å². The lowest BCUT2D eigenvalue weighted by Gasteiger charge is -2.11. The normalized spacial score (nSPS) is 10.0. The fourth-order valence-corrected chi connectivity index (χ4v) is 2.28. The van der Waals surface area contributed by atoms with Gasteiger partial charge in [-0.15, -0.1) is 0 Å². The van der Waals surface area contributed by atoms with E-state index in [0.717, 1.165) is 5.56 Å². The lowest BCUT2D eigenvalue weighted by atomic mass is 10.1. The molecule has 2 rings (SSSR count). The first-order valence-corrected chi connectivity index (χ1v) is 7.04. The lowest BCUT2D eigenvalue weighted by molar-refractivity contribution is 0.0949. The minimum absolute atomic E-state index is 0.208. The Morgan fingerprint density at radius 3 is 2.76 bits per heavy atom. The van der Waals surface area contributed by atoms with Crippen LogP contribution in [0.2, 0.25) is 0 Å². The van der Waals surface area contributed by atoms with Crippen molar-refractivity contribution in [2.75, 3.05) is 14.2 Å². The Bertz CT molecular complexity index is 647. The van der Waals surface area contributed by atoms with Crippen molar-refractivity contribution in [3.05, 3.63) is 52.3 Å². The maximum absolute atomic E-state index is 12.1. The standard InChI is InChI=1S/C15H15BrN2O3/c1-20-11-5-6-13(21-2)10(8-11)9-18-15(19)12-4-3-7-17-14(12)16/h3-8H,9H2,1-2H3,(H,18,19). The molecule has 0 aliphatic heterocycles. The van der Waals surface area contributed by atoms with Crippen molar-refractivity contribution in [3.8, 4) is 11.5 Å². The number of pyridine rings is 1. The van der Waals surface area contributed by atoms with Gasteiger partial charge in [0.1, 0.15) is 16.1 Å². The van der Waals surface area contributed by atoms with Gasteiger partial charge in [-0.05, 0) is 46.3 Å². The summed E-state index contributed by atoms with van der Waals surface area (Å²) in [6.45, 7) is 0.334. The number of methoxy groups -OCH3 is 2. The molecule has 1 N–H and O–H groups in total. The van der Waals surface area contributed by atoms with Crippen LogP contribution in [0.1, 0.15) is 15.9 Å². The molecule has 2 aromatic rings. The fraction of sp³-hybridized carbons (Fsp3) is 0.200. The molecule has 5 nitrogen and oxygen atoms in total. The summed E-state index contributed by atoms with van der Waals surface area (Å²) in [5.74, 6) is 1.20. The SMILES string of the molecule is COc1ccc(OC)c(CNC(=O)c2cccnc2Br)c1. The van der Waals surface area contributed by atoms with Crippen LogP contribution < -0.4 is 14.8 Å². The number of hydrogen-bond acceptors (Lipinski definition) is 4. The number of amides is 1. The van der Waals surface area contributed by atoms with Crippen molar-refractivity contribution >= 4 is 21.8 Å². The molecular weight excluding hydrogens is 336 g/mol. The van der Waals surface area contributed by atoms with Gasteiger partial charge in [-0.1, -0.05) is 0 Å². The maximum atomic E-state index is 12.1. The van der Waals surface area contributed by atoms with E-state index in [1.54, 1.807) is 38.6 Å². The molecule has 1 heterocycles. The molecule has 110 valence electrons. The van der Waals surface area contributed by atoms with Gasteiger partial charge >= 0.3 is 0 Å². The Labute approximate surface area is 131 Å². The van der Waals surface area contributed by atoms with E-state index in [1.165, 1.54) is 0 Å². The molecule has 0 bridgehead atoms. The number of nitrogens with one attached hydrogen (secondary N) is 1. The number of rotatable bonds is 5. The molecule has 0 saturated heterocycles. The van der Waals surface area contributed by atoms with E-state index < -0.39 is 0 Å². The number of hydrogen-bond donors (Lipinski definition) is 1. The first-order chi connectivity index (χ1) is 10.2. The van der Waals surface area contributed by atoms with Crippen molar-refractivity contribution in [1.82, 2.24) is 10.3 Å². The van der Waals surface area contributed by atoms with Crippen LogP contribution in [0.5, 0.6) is 11.5 Å². The lowest BCUT2D eigenvalue weighted by Crippen LogP contribution is -2.23. The van der Waals surface area contributed by atoms with Gasteiger partial charge in [0.2, 0.25) is 0 Å². The van der Waals surface area contributed by atoms with Gasteiger partial charge in [0, 0.05) is 18.3 Å². The molecule has 0 saturated carbocycles. The highest BCUT2D eigenvalue weighted by atomic mass is 79.9. The highest BCUT2D eigenvalue weighted by Crippen LogP contribution is 2.24. The summed E-state index contributed by atoms with van der Waals surface area (Å²) in [6.07, 6.45) is 1.62. The number of benzene rings is 1. The van der Waals surface area contributed by atoms with Crippen molar-refractivity contribution in [2.45, 2.75) is 6.54 Å². The number of carbonyl (C=O) groups excluding carboxylic acids is 1. The molecule has 0 aliphatic carbocycles. The molecule has 1 aromatic carbocycles. The van der Waals surface area contributed by atoms with Gasteiger partial charge in [-0.2, -0.15) is 0 Å². The molecular formula is C15H15BrN2O3. The second-order valence-corrected chi connectivity index (χ2v) is 4.95. The van der Waals surface area contributed by atoms with E-state index in [4.69, 9.17) is 9.47 Å². The summed E-state index contributed by atoms with van der Waals surface area (Å²) in [7, 11) is 3.18.